The molecule has 10 heteroatoms. The Labute approximate surface area is 172 Å². The van der Waals surface area contributed by atoms with E-state index < -0.39 is 40.7 Å². The lowest BCUT2D eigenvalue weighted by Crippen LogP contribution is -2.23. The van der Waals surface area contributed by atoms with Crippen molar-refractivity contribution in [3.63, 3.8) is 0 Å². The molecule has 0 aliphatic carbocycles. The zero-order valence-corrected chi connectivity index (χ0v) is 18.5. The quantitative estimate of drug-likeness (QED) is 0.713. The highest BCUT2D eigenvalue weighted by Crippen LogP contribution is 2.29. The predicted molar refractivity (Wildman–Crippen MR) is 112 cm³/mol. The summed E-state index contributed by atoms with van der Waals surface area (Å²) in [5.74, 6) is -0.528. The minimum Gasteiger partial charge on any atom is -0.279 e. The van der Waals surface area contributed by atoms with Gasteiger partial charge >= 0.3 is 0 Å². The first-order valence-electron chi connectivity index (χ1n) is 9.08. The molecule has 7 nitrogen and oxygen atoms in total. The minimum atomic E-state index is -4.03. The fourth-order valence-corrected chi connectivity index (χ4v) is 8.92. The van der Waals surface area contributed by atoms with Crippen molar-refractivity contribution in [1.82, 2.24) is 0 Å². The van der Waals surface area contributed by atoms with E-state index in [1.165, 1.54) is 18.2 Å². The van der Waals surface area contributed by atoms with E-state index in [4.69, 9.17) is 0 Å². The van der Waals surface area contributed by atoms with Crippen molar-refractivity contribution in [2.75, 3.05) is 16.2 Å². The van der Waals surface area contributed by atoms with E-state index in [-0.39, 0.29) is 27.9 Å². The Balaban J connectivity index is 1.95. The summed E-state index contributed by atoms with van der Waals surface area (Å²) >= 11 is 0. The summed E-state index contributed by atoms with van der Waals surface area (Å²) in [4.78, 5) is -0.391. The minimum absolute atomic E-state index is 0.0155. The zero-order valence-electron chi connectivity index (χ0n) is 16.1. The number of hydrogen-bond acceptors (Lipinski definition) is 6. The van der Waals surface area contributed by atoms with Gasteiger partial charge in [0.1, 0.15) is 0 Å². The maximum atomic E-state index is 12.9. The van der Waals surface area contributed by atoms with Crippen molar-refractivity contribution >= 4 is 35.4 Å². The summed E-state index contributed by atoms with van der Waals surface area (Å²) in [5, 5.41) is -1.06. The van der Waals surface area contributed by atoms with Crippen molar-refractivity contribution in [3.05, 3.63) is 54.1 Å². The number of sulfone groups is 2. The van der Waals surface area contributed by atoms with Crippen LogP contribution in [-0.2, 0) is 29.7 Å². The highest BCUT2D eigenvalue weighted by molar-refractivity contribution is 7.96. The van der Waals surface area contributed by atoms with E-state index in [1.807, 2.05) is 26.0 Å². The molecule has 2 aromatic carbocycles. The van der Waals surface area contributed by atoms with Crippen molar-refractivity contribution < 1.29 is 25.3 Å². The SMILES string of the molecule is CC(C)c1ccccc1NS(=O)(=O)c1cccc(S(=O)(=O)[C@H]2CCS(=O)(=O)C2)c1. The molecule has 29 heavy (non-hydrogen) atoms. The zero-order chi connectivity index (χ0) is 21.4. The summed E-state index contributed by atoms with van der Waals surface area (Å²) in [5.41, 5.74) is 1.24. The van der Waals surface area contributed by atoms with E-state index in [0.717, 1.165) is 11.6 Å². The van der Waals surface area contributed by atoms with Crippen LogP contribution in [0.3, 0.4) is 0 Å². The van der Waals surface area contributed by atoms with Crippen molar-refractivity contribution in [2.24, 2.45) is 0 Å². The molecule has 0 spiro atoms. The Kier molecular flexibility index (Phi) is 5.81. The summed E-state index contributed by atoms with van der Waals surface area (Å²) in [6.07, 6.45) is 0.0155. The largest absolute Gasteiger partial charge is 0.279 e. The van der Waals surface area contributed by atoms with Gasteiger partial charge in [0, 0.05) is 0 Å². The Bertz CT molecular complexity index is 1230. The molecular weight excluding hydrogens is 434 g/mol. The van der Waals surface area contributed by atoms with Crippen LogP contribution in [0, 0.1) is 0 Å². The van der Waals surface area contributed by atoms with Crippen LogP contribution in [0.5, 0.6) is 0 Å². The lowest BCUT2D eigenvalue weighted by Gasteiger charge is -2.16. The van der Waals surface area contributed by atoms with Gasteiger partial charge in [-0.05, 0) is 42.2 Å². The average Bonchev–Trinajstić information content (AvgIpc) is 3.02. The maximum Gasteiger partial charge on any atom is 0.261 e. The first-order chi connectivity index (χ1) is 13.4. The number of sulfonamides is 1. The topological polar surface area (TPSA) is 114 Å². The third kappa shape index (κ3) is 4.65. The Morgan fingerprint density at radius 2 is 1.62 bits per heavy atom. The number of benzene rings is 2. The number of hydrogen-bond donors (Lipinski definition) is 1. The van der Waals surface area contributed by atoms with Crippen LogP contribution in [-0.4, -0.2) is 42.0 Å². The Morgan fingerprint density at radius 3 is 2.24 bits per heavy atom. The van der Waals surface area contributed by atoms with Gasteiger partial charge in [-0.15, -0.1) is 0 Å². The van der Waals surface area contributed by atoms with Crippen LogP contribution < -0.4 is 4.72 Å². The molecule has 0 unspecified atom stereocenters. The van der Waals surface area contributed by atoms with Crippen molar-refractivity contribution in [2.45, 2.75) is 41.2 Å². The summed E-state index contributed by atoms with van der Waals surface area (Å²) < 4.78 is 77.3. The molecule has 2 aromatic rings. The van der Waals surface area contributed by atoms with Crippen LogP contribution in [0.1, 0.15) is 31.7 Å². The standard InChI is InChI=1S/C19H23NO6S3/c1-14(2)18-8-3-4-9-19(18)20-29(25,26)16-7-5-6-15(12-16)28(23,24)17-10-11-27(21,22)13-17/h3-9,12,14,17,20H,10-11,13H2,1-2H3/t17-/m0/s1. The first kappa shape index (κ1) is 21.8. The van der Waals surface area contributed by atoms with Crippen LogP contribution in [0.2, 0.25) is 0 Å². The smallest absolute Gasteiger partial charge is 0.261 e. The normalized spacial score (nSPS) is 19.3. The maximum absolute atomic E-state index is 12.9. The van der Waals surface area contributed by atoms with E-state index >= 15 is 0 Å². The van der Waals surface area contributed by atoms with E-state index in [2.05, 4.69) is 4.72 Å². The van der Waals surface area contributed by atoms with Gasteiger partial charge in [0.15, 0.2) is 19.7 Å². The highest BCUT2D eigenvalue weighted by Gasteiger charge is 2.38. The number of anilines is 1. The highest BCUT2D eigenvalue weighted by atomic mass is 32.2. The van der Waals surface area contributed by atoms with E-state index in [0.29, 0.717) is 5.69 Å². The Morgan fingerprint density at radius 1 is 0.966 bits per heavy atom. The van der Waals surface area contributed by atoms with Crippen molar-refractivity contribution in [3.8, 4) is 0 Å². The van der Waals surface area contributed by atoms with Gasteiger partial charge in [0.25, 0.3) is 10.0 Å². The molecule has 0 aromatic heterocycles. The molecule has 0 amide bonds. The molecule has 1 atom stereocenters. The summed E-state index contributed by atoms with van der Waals surface area (Å²) in [6.45, 7) is 3.88. The van der Waals surface area contributed by atoms with Gasteiger partial charge in [-0.3, -0.25) is 4.72 Å². The van der Waals surface area contributed by atoms with Gasteiger partial charge in [-0.2, -0.15) is 0 Å². The second kappa shape index (κ2) is 7.73. The Hall–Kier alpha value is -1.91. The first-order valence-corrected chi connectivity index (χ1v) is 13.9. The van der Waals surface area contributed by atoms with Gasteiger partial charge < -0.3 is 0 Å². The summed E-state index contributed by atoms with van der Waals surface area (Å²) in [7, 11) is -11.4. The molecule has 158 valence electrons. The van der Waals surface area contributed by atoms with Gasteiger partial charge in [0.05, 0.1) is 32.2 Å². The molecule has 1 aliphatic heterocycles. The van der Waals surface area contributed by atoms with Crippen LogP contribution in [0.4, 0.5) is 5.69 Å². The molecule has 1 heterocycles. The molecule has 0 saturated carbocycles. The molecule has 0 bridgehead atoms. The molecule has 1 fully saturated rings. The second-order valence-electron chi connectivity index (χ2n) is 7.39. The molecule has 1 N–H and O–H groups in total. The fraction of sp³-hybridized carbons (Fsp3) is 0.368. The van der Waals surface area contributed by atoms with Gasteiger partial charge in [0.2, 0.25) is 0 Å². The number of nitrogens with one attached hydrogen (secondary N) is 1. The number of rotatable bonds is 6. The van der Waals surface area contributed by atoms with E-state index in [9.17, 15) is 25.3 Å². The molecule has 1 aliphatic rings. The predicted octanol–water partition coefficient (Wildman–Crippen LogP) is 2.57. The number of para-hydroxylation sites is 1. The third-order valence-electron chi connectivity index (χ3n) is 4.90. The van der Waals surface area contributed by atoms with Crippen LogP contribution >= 0.6 is 0 Å². The molecule has 3 rings (SSSR count). The van der Waals surface area contributed by atoms with Crippen LogP contribution in [0.15, 0.2) is 58.3 Å². The molecular formula is C19H23NO6S3. The molecule has 0 radical (unpaired) electrons. The lowest BCUT2D eigenvalue weighted by molar-refractivity contribution is 0.582. The second-order valence-corrected chi connectivity index (χ2v) is 13.5. The van der Waals surface area contributed by atoms with Gasteiger partial charge in [-0.25, -0.2) is 25.3 Å². The average molecular weight is 458 g/mol. The summed E-state index contributed by atoms with van der Waals surface area (Å²) in [6, 6.07) is 12.0. The monoisotopic (exact) mass is 457 g/mol. The van der Waals surface area contributed by atoms with Gasteiger partial charge in [-0.1, -0.05) is 38.1 Å². The van der Waals surface area contributed by atoms with Crippen molar-refractivity contribution in [1.29, 1.82) is 0 Å². The molecule has 1 saturated heterocycles. The third-order valence-corrected chi connectivity index (χ3v) is 10.4. The lowest BCUT2D eigenvalue weighted by atomic mass is 10.0. The fourth-order valence-electron chi connectivity index (χ4n) is 3.31. The van der Waals surface area contributed by atoms with E-state index in [1.54, 1.807) is 12.1 Å². The van der Waals surface area contributed by atoms with Crippen LogP contribution in [0.25, 0.3) is 0 Å².